The highest BCUT2D eigenvalue weighted by Gasteiger charge is 2.10. The molecule has 0 bridgehead atoms. The van der Waals surface area contributed by atoms with Crippen LogP contribution in [0.4, 0.5) is 4.39 Å². The van der Waals surface area contributed by atoms with Crippen LogP contribution in [0, 0.1) is 5.82 Å². The van der Waals surface area contributed by atoms with Crippen LogP contribution in [0.15, 0.2) is 36.4 Å². The van der Waals surface area contributed by atoms with Crippen molar-refractivity contribution in [3.05, 3.63) is 53.3 Å². The minimum Gasteiger partial charge on any atom is -0.502 e. The average molecular weight is 291 g/mol. The summed E-state index contributed by atoms with van der Waals surface area (Å²) in [5, 5.41) is 13.1. The highest BCUT2D eigenvalue weighted by molar-refractivity contribution is 5.52. The lowest BCUT2D eigenvalue weighted by atomic mass is 10.1. The van der Waals surface area contributed by atoms with E-state index in [9.17, 15) is 9.50 Å². The molecule has 0 spiro atoms. The Morgan fingerprint density at radius 3 is 2.00 bits per heavy atom. The molecule has 2 aromatic carbocycles. The van der Waals surface area contributed by atoms with Crippen molar-refractivity contribution in [2.24, 2.45) is 0 Å². The number of aromatic hydroxyl groups is 1. The van der Waals surface area contributed by atoms with Crippen molar-refractivity contribution >= 4 is 0 Å². The third-order valence-corrected chi connectivity index (χ3v) is 3.11. The van der Waals surface area contributed by atoms with E-state index in [-0.39, 0.29) is 11.6 Å². The first-order valence-electron chi connectivity index (χ1n) is 6.53. The molecule has 0 heterocycles. The fourth-order valence-electron chi connectivity index (χ4n) is 2.00. The molecule has 0 saturated carbocycles. The lowest BCUT2D eigenvalue weighted by Gasteiger charge is -2.12. The number of hydrogen-bond donors (Lipinski definition) is 2. The minimum absolute atomic E-state index is 0.0118. The zero-order chi connectivity index (χ0) is 15.2. The lowest BCUT2D eigenvalue weighted by molar-refractivity contribution is 0.339. The maximum atomic E-state index is 12.8. The van der Waals surface area contributed by atoms with Crippen LogP contribution in [-0.4, -0.2) is 19.3 Å². The first kappa shape index (κ1) is 15.1. The number of phenols is 1. The molecule has 21 heavy (non-hydrogen) atoms. The van der Waals surface area contributed by atoms with E-state index in [2.05, 4.69) is 5.32 Å². The molecule has 0 aliphatic heterocycles. The Morgan fingerprint density at radius 2 is 1.48 bits per heavy atom. The van der Waals surface area contributed by atoms with Crippen LogP contribution in [0.3, 0.4) is 0 Å². The molecule has 0 aliphatic carbocycles. The molecule has 2 rings (SSSR count). The molecular formula is C16H18FNO3. The number of halogens is 1. The second-order valence-corrected chi connectivity index (χ2v) is 4.58. The van der Waals surface area contributed by atoms with Gasteiger partial charge in [0.2, 0.25) is 5.75 Å². The van der Waals surface area contributed by atoms with E-state index in [1.165, 1.54) is 26.4 Å². The van der Waals surface area contributed by atoms with Crippen molar-refractivity contribution in [3.63, 3.8) is 0 Å². The van der Waals surface area contributed by atoms with E-state index in [4.69, 9.17) is 9.47 Å². The molecule has 2 N–H and O–H groups in total. The standard InChI is InChI=1S/C16H18FNO3/c1-20-14-7-12(8-15(21-2)16(14)19)10-18-9-11-3-5-13(17)6-4-11/h3-8,18-19H,9-10H2,1-2H3. The molecule has 0 saturated heterocycles. The van der Waals surface area contributed by atoms with Gasteiger partial charge in [-0.05, 0) is 35.4 Å². The van der Waals surface area contributed by atoms with Crippen LogP contribution < -0.4 is 14.8 Å². The Bertz CT molecular complexity index is 574. The van der Waals surface area contributed by atoms with E-state index in [0.29, 0.717) is 24.6 Å². The predicted octanol–water partition coefficient (Wildman–Crippen LogP) is 2.84. The topological polar surface area (TPSA) is 50.7 Å². The largest absolute Gasteiger partial charge is 0.502 e. The van der Waals surface area contributed by atoms with Crippen molar-refractivity contribution in [1.82, 2.24) is 5.32 Å². The van der Waals surface area contributed by atoms with Crippen molar-refractivity contribution in [2.75, 3.05) is 14.2 Å². The third kappa shape index (κ3) is 3.86. The Hall–Kier alpha value is -2.27. The maximum absolute atomic E-state index is 12.8. The second-order valence-electron chi connectivity index (χ2n) is 4.58. The molecule has 0 unspecified atom stereocenters. The molecule has 0 amide bonds. The summed E-state index contributed by atoms with van der Waals surface area (Å²) in [7, 11) is 2.98. The highest BCUT2D eigenvalue weighted by Crippen LogP contribution is 2.36. The van der Waals surface area contributed by atoms with Crippen LogP contribution in [0.5, 0.6) is 17.2 Å². The summed E-state index contributed by atoms with van der Waals surface area (Å²) in [6.45, 7) is 1.19. The van der Waals surface area contributed by atoms with Crippen LogP contribution in [0.2, 0.25) is 0 Å². The van der Waals surface area contributed by atoms with Gasteiger partial charge in [-0.1, -0.05) is 12.1 Å². The Kier molecular flexibility index (Phi) is 5.00. The van der Waals surface area contributed by atoms with E-state index >= 15 is 0 Å². The fourth-order valence-corrected chi connectivity index (χ4v) is 2.00. The van der Waals surface area contributed by atoms with Gasteiger partial charge in [-0.3, -0.25) is 0 Å². The molecule has 0 atom stereocenters. The molecule has 112 valence electrons. The predicted molar refractivity (Wildman–Crippen MR) is 78.2 cm³/mol. The minimum atomic E-state index is -0.244. The average Bonchev–Trinajstić information content (AvgIpc) is 2.50. The van der Waals surface area contributed by atoms with Gasteiger partial charge in [0.15, 0.2) is 11.5 Å². The Labute approximate surface area is 123 Å². The van der Waals surface area contributed by atoms with Gasteiger partial charge >= 0.3 is 0 Å². The van der Waals surface area contributed by atoms with E-state index in [0.717, 1.165) is 11.1 Å². The molecule has 2 aromatic rings. The van der Waals surface area contributed by atoms with Crippen LogP contribution >= 0.6 is 0 Å². The molecule has 0 radical (unpaired) electrons. The van der Waals surface area contributed by atoms with E-state index < -0.39 is 0 Å². The van der Waals surface area contributed by atoms with Gasteiger partial charge in [0.05, 0.1) is 14.2 Å². The van der Waals surface area contributed by atoms with Gasteiger partial charge in [0, 0.05) is 13.1 Å². The van der Waals surface area contributed by atoms with Gasteiger partial charge < -0.3 is 19.9 Å². The van der Waals surface area contributed by atoms with Gasteiger partial charge in [-0.15, -0.1) is 0 Å². The zero-order valence-corrected chi connectivity index (χ0v) is 12.0. The van der Waals surface area contributed by atoms with Crippen LogP contribution in [0.1, 0.15) is 11.1 Å². The van der Waals surface area contributed by atoms with Crippen molar-refractivity contribution in [1.29, 1.82) is 0 Å². The van der Waals surface area contributed by atoms with Crippen LogP contribution in [-0.2, 0) is 13.1 Å². The third-order valence-electron chi connectivity index (χ3n) is 3.11. The monoisotopic (exact) mass is 291 g/mol. The van der Waals surface area contributed by atoms with Gasteiger partial charge in [-0.25, -0.2) is 4.39 Å². The molecular weight excluding hydrogens is 273 g/mol. The molecule has 0 aromatic heterocycles. The van der Waals surface area contributed by atoms with Crippen LogP contribution in [0.25, 0.3) is 0 Å². The lowest BCUT2D eigenvalue weighted by Crippen LogP contribution is -2.12. The van der Waals surface area contributed by atoms with E-state index in [1.54, 1.807) is 24.3 Å². The number of benzene rings is 2. The second kappa shape index (κ2) is 6.95. The zero-order valence-electron chi connectivity index (χ0n) is 12.0. The molecule has 4 nitrogen and oxygen atoms in total. The summed E-state index contributed by atoms with van der Waals surface area (Å²) < 4.78 is 23.0. The first-order valence-corrected chi connectivity index (χ1v) is 6.53. The summed E-state index contributed by atoms with van der Waals surface area (Å²) in [5.74, 6) is 0.481. The summed E-state index contributed by atoms with van der Waals surface area (Å²) in [6.07, 6.45) is 0. The summed E-state index contributed by atoms with van der Waals surface area (Å²) in [6, 6.07) is 9.83. The number of methoxy groups -OCH3 is 2. The quantitative estimate of drug-likeness (QED) is 0.859. The van der Waals surface area contributed by atoms with E-state index in [1.807, 2.05) is 0 Å². The SMILES string of the molecule is COc1cc(CNCc2ccc(F)cc2)cc(OC)c1O. The fraction of sp³-hybridized carbons (Fsp3) is 0.250. The smallest absolute Gasteiger partial charge is 0.200 e. The normalized spacial score (nSPS) is 10.4. The number of ether oxygens (including phenoxy) is 2. The maximum Gasteiger partial charge on any atom is 0.200 e. The van der Waals surface area contributed by atoms with Crippen molar-refractivity contribution in [2.45, 2.75) is 13.1 Å². The summed E-state index contributed by atoms with van der Waals surface area (Å²) in [4.78, 5) is 0. The van der Waals surface area contributed by atoms with Gasteiger partial charge in [0.25, 0.3) is 0 Å². The molecule has 0 fully saturated rings. The number of nitrogens with one attached hydrogen (secondary N) is 1. The Morgan fingerprint density at radius 1 is 0.952 bits per heavy atom. The molecule has 5 heteroatoms. The van der Waals surface area contributed by atoms with Crippen molar-refractivity contribution in [3.8, 4) is 17.2 Å². The first-order chi connectivity index (χ1) is 10.1. The Balaban J connectivity index is 2.01. The van der Waals surface area contributed by atoms with Gasteiger partial charge in [0.1, 0.15) is 5.82 Å². The van der Waals surface area contributed by atoms with Gasteiger partial charge in [-0.2, -0.15) is 0 Å². The highest BCUT2D eigenvalue weighted by atomic mass is 19.1. The molecule has 0 aliphatic rings. The number of phenolic OH excluding ortho intramolecular Hbond substituents is 1. The number of rotatable bonds is 6. The number of hydrogen-bond acceptors (Lipinski definition) is 4. The summed E-state index contributed by atoms with van der Waals surface area (Å²) >= 11 is 0. The summed E-state index contributed by atoms with van der Waals surface area (Å²) in [5.41, 5.74) is 1.91. The van der Waals surface area contributed by atoms with Crippen molar-refractivity contribution < 1.29 is 19.0 Å².